The molecule has 0 aliphatic heterocycles. The minimum Gasteiger partial charge on any atom is -0.307 e. The number of nitrogens with zero attached hydrogens (tertiary/aromatic N) is 1. The number of carbonyl (C=O) groups excluding carboxylic acids is 1. The van der Waals surface area contributed by atoms with E-state index < -0.39 is 12.3 Å². The summed E-state index contributed by atoms with van der Waals surface area (Å²) in [6.45, 7) is 0. The number of hydrogen-bond donors (Lipinski definition) is 2. The lowest BCUT2D eigenvalue weighted by molar-refractivity contribution is 0.101. The molecule has 19 heavy (non-hydrogen) atoms. The van der Waals surface area contributed by atoms with Gasteiger partial charge in [-0.1, -0.05) is 0 Å². The van der Waals surface area contributed by atoms with Crippen LogP contribution in [0.15, 0.2) is 17.6 Å². The zero-order valence-corrected chi connectivity index (χ0v) is 10.6. The van der Waals surface area contributed by atoms with Gasteiger partial charge >= 0.3 is 0 Å². The summed E-state index contributed by atoms with van der Waals surface area (Å²) in [5, 5.41) is 10.7. The van der Waals surface area contributed by atoms with E-state index in [2.05, 4.69) is 15.5 Å². The van der Waals surface area contributed by atoms with Crippen molar-refractivity contribution in [3.05, 3.63) is 33.6 Å². The second-order valence-corrected chi connectivity index (χ2v) is 5.38. The zero-order valence-electron chi connectivity index (χ0n) is 9.82. The van der Waals surface area contributed by atoms with E-state index in [0.717, 1.165) is 29.7 Å². The Morgan fingerprint density at radius 1 is 1.53 bits per heavy atom. The van der Waals surface area contributed by atoms with Gasteiger partial charge in [-0.2, -0.15) is 5.10 Å². The molecule has 100 valence electrons. The lowest BCUT2D eigenvalue weighted by Gasteiger charge is -2.05. The molecule has 0 saturated heterocycles. The van der Waals surface area contributed by atoms with Crippen molar-refractivity contribution >= 4 is 23.1 Å². The van der Waals surface area contributed by atoms with Crippen molar-refractivity contribution in [1.29, 1.82) is 0 Å². The molecule has 4 nitrogen and oxygen atoms in total. The number of rotatable bonds is 4. The van der Waals surface area contributed by atoms with E-state index in [1.165, 1.54) is 11.4 Å². The Hall–Kier alpha value is -1.76. The van der Waals surface area contributed by atoms with Crippen LogP contribution in [-0.4, -0.2) is 16.1 Å². The quantitative estimate of drug-likeness (QED) is 0.901. The molecule has 0 atom stereocenters. The van der Waals surface area contributed by atoms with Crippen molar-refractivity contribution in [1.82, 2.24) is 10.2 Å². The molecule has 2 heterocycles. The molecule has 2 N–H and O–H groups in total. The molecule has 7 heteroatoms. The predicted molar refractivity (Wildman–Crippen MR) is 67.8 cm³/mol. The first-order valence-corrected chi connectivity index (χ1v) is 6.75. The molecule has 2 aromatic rings. The van der Waals surface area contributed by atoms with Gasteiger partial charge in [0.05, 0.1) is 16.6 Å². The van der Waals surface area contributed by atoms with E-state index in [-0.39, 0.29) is 10.4 Å². The Bertz CT molecular complexity index is 604. The maximum atomic E-state index is 12.7. The van der Waals surface area contributed by atoms with Gasteiger partial charge in [-0.05, 0) is 30.2 Å². The maximum absolute atomic E-state index is 12.7. The normalized spacial score (nSPS) is 14.9. The zero-order chi connectivity index (χ0) is 13.4. The Labute approximate surface area is 111 Å². The molecule has 0 unspecified atom stereocenters. The van der Waals surface area contributed by atoms with Crippen LogP contribution in [0.2, 0.25) is 0 Å². The number of hydrogen-bond acceptors (Lipinski definition) is 3. The molecule has 1 aliphatic rings. The fourth-order valence-electron chi connectivity index (χ4n) is 1.96. The van der Waals surface area contributed by atoms with Gasteiger partial charge in [0.2, 0.25) is 0 Å². The van der Waals surface area contributed by atoms with E-state index in [9.17, 15) is 13.6 Å². The molecule has 1 amide bonds. The number of carbonyl (C=O) groups is 1. The minimum absolute atomic E-state index is 0.0244. The van der Waals surface area contributed by atoms with Crippen molar-refractivity contribution in [3.8, 4) is 0 Å². The second kappa shape index (κ2) is 4.73. The minimum atomic E-state index is -2.63. The summed E-state index contributed by atoms with van der Waals surface area (Å²) < 4.78 is 25.5. The van der Waals surface area contributed by atoms with E-state index >= 15 is 0 Å². The first kappa shape index (κ1) is 12.3. The second-order valence-electron chi connectivity index (χ2n) is 4.43. The number of aromatic amines is 1. The standard InChI is InChI=1S/C12H11F2N3OS/c13-10(14)9-7(3-4-19-9)12(18)16-11-8(5-15-17-11)6-1-2-6/h3-6,10H,1-2H2,(H2,15,16,17,18). The maximum Gasteiger partial charge on any atom is 0.273 e. The summed E-state index contributed by atoms with van der Waals surface area (Å²) in [5.74, 6) is 0.410. The molecule has 1 aliphatic carbocycles. The highest BCUT2D eigenvalue weighted by Gasteiger charge is 2.28. The summed E-state index contributed by atoms with van der Waals surface area (Å²) >= 11 is 0.885. The van der Waals surface area contributed by atoms with Gasteiger partial charge < -0.3 is 5.32 Å². The molecular formula is C12H11F2N3OS. The molecule has 0 bridgehead atoms. The monoisotopic (exact) mass is 283 g/mol. The third kappa shape index (κ3) is 2.37. The van der Waals surface area contributed by atoms with Crippen LogP contribution < -0.4 is 5.32 Å². The van der Waals surface area contributed by atoms with Crippen molar-refractivity contribution in [3.63, 3.8) is 0 Å². The van der Waals surface area contributed by atoms with Crippen LogP contribution in [0, 0.1) is 0 Å². The van der Waals surface area contributed by atoms with E-state index in [1.54, 1.807) is 6.20 Å². The topological polar surface area (TPSA) is 57.8 Å². The van der Waals surface area contributed by atoms with Gasteiger partial charge in [0, 0.05) is 5.56 Å². The van der Waals surface area contributed by atoms with Crippen LogP contribution in [0.25, 0.3) is 0 Å². The Morgan fingerprint density at radius 3 is 3.00 bits per heavy atom. The molecule has 0 radical (unpaired) electrons. The number of amides is 1. The fraction of sp³-hybridized carbons (Fsp3) is 0.333. The Kier molecular flexibility index (Phi) is 3.06. The summed E-state index contributed by atoms with van der Waals surface area (Å²) in [7, 11) is 0. The number of alkyl halides is 2. The molecule has 3 rings (SSSR count). The number of H-pyrrole nitrogens is 1. The largest absolute Gasteiger partial charge is 0.307 e. The average molecular weight is 283 g/mol. The summed E-state index contributed by atoms with van der Waals surface area (Å²) in [5.41, 5.74) is 0.971. The van der Waals surface area contributed by atoms with Crippen LogP contribution in [0.1, 0.15) is 46.0 Å². The van der Waals surface area contributed by atoms with Crippen LogP contribution in [0.4, 0.5) is 14.6 Å². The van der Waals surface area contributed by atoms with Crippen LogP contribution in [0.3, 0.4) is 0 Å². The average Bonchev–Trinajstić information content (AvgIpc) is 2.92. The van der Waals surface area contributed by atoms with E-state index in [0.29, 0.717) is 11.7 Å². The molecular weight excluding hydrogens is 272 g/mol. The number of halogens is 2. The first-order valence-electron chi connectivity index (χ1n) is 5.87. The van der Waals surface area contributed by atoms with Crippen molar-refractivity contribution < 1.29 is 13.6 Å². The van der Waals surface area contributed by atoms with E-state index in [1.807, 2.05) is 0 Å². The third-order valence-corrected chi connectivity index (χ3v) is 3.99. The van der Waals surface area contributed by atoms with Gasteiger partial charge in [0.25, 0.3) is 12.3 Å². The number of thiophene rings is 1. The smallest absolute Gasteiger partial charge is 0.273 e. The summed E-state index contributed by atoms with van der Waals surface area (Å²) in [6.07, 6.45) is 1.19. The van der Waals surface area contributed by atoms with E-state index in [4.69, 9.17) is 0 Å². The van der Waals surface area contributed by atoms with Crippen molar-refractivity contribution in [2.45, 2.75) is 25.2 Å². The summed E-state index contributed by atoms with van der Waals surface area (Å²) in [6, 6.07) is 1.41. The lowest BCUT2D eigenvalue weighted by atomic mass is 10.2. The predicted octanol–water partition coefficient (Wildman–Crippen LogP) is 3.54. The highest BCUT2D eigenvalue weighted by Crippen LogP contribution is 2.42. The molecule has 0 spiro atoms. The van der Waals surface area contributed by atoms with Crippen molar-refractivity contribution in [2.75, 3.05) is 5.32 Å². The molecule has 0 aromatic carbocycles. The van der Waals surface area contributed by atoms with Crippen LogP contribution >= 0.6 is 11.3 Å². The van der Waals surface area contributed by atoms with Gasteiger partial charge in [-0.15, -0.1) is 11.3 Å². The third-order valence-electron chi connectivity index (χ3n) is 3.06. The number of aromatic nitrogens is 2. The van der Waals surface area contributed by atoms with Gasteiger partial charge in [-0.25, -0.2) is 8.78 Å². The Morgan fingerprint density at radius 2 is 2.32 bits per heavy atom. The lowest BCUT2D eigenvalue weighted by Crippen LogP contribution is -2.14. The Balaban J connectivity index is 1.80. The number of nitrogens with one attached hydrogen (secondary N) is 2. The highest BCUT2D eigenvalue weighted by atomic mass is 32.1. The number of anilines is 1. The van der Waals surface area contributed by atoms with Gasteiger partial charge in [0.15, 0.2) is 0 Å². The molecule has 2 aromatic heterocycles. The first-order chi connectivity index (χ1) is 9.16. The molecule has 1 saturated carbocycles. The fourth-order valence-corrected chi connectivity index (χ4v) is 2.70. The van der Waals surface area contributed by atoms with Crippen LogP contribution in [0.5, 0.6) is 0 Å². The van der Waals surface area contributed by atoms with Gasteiger partial charge in [0.1, 0.15) is 5.82 Å². The van der Waals surface area contributed by atoms with Crippen molar-refractivity contribution in [2.24, 2.45) is 0 Å². The molecule has 1 fully saturated rings. The van der Waals surface area contributed by atoms with Crippen LogP contribution in [-0.2, 0) is 0 Å². The van der Waals surface area contributed by atoms with Gasteiger partial charge in [-0.3, -0.25) is 9.89 Å². The SMILES string of the molecule is O=C(Nc1[nH]ncc1C1CC1)c1ccsc1C(F)F. The summed E-state index contributed by atoms with van der Waals surface area (Å²) in [4.78, 5) is 11.8. The highest BCUT2D eigenvalue weighted by molar-refractivity contribution is 7.10.